The third-order valence-electron chi connectivity index (χ3n) is 2.10. The molecule has 2 nitrogen and oxygen atoms in total. The van der Waals surface area contributed by atoms with Crippen LogP contribution >= 0.6 is 11.3 Å². The highest BCUT2D eigenvalue weighted by atomic mass is 32.1. The fourth-order valence-electron chi connectivity index (χ4n) is 1.25. The molecule has 0 fully saturated rings. The molecular weight excluding hydrogens is 182 g/mol. The molecule has 1 heterocycles. The Morgan fingerprint density at radius 2 is 2.15 bits per heavy atom. The fourth-order valence-corrected chi connectivity index (χ4v) is 2.08. The summed E-state index contributed by atoms with van der Waals surface area (Å²) in [5.74, 6) is 0.655. The Bertz CT molecular complexity index is 257. The van der Waals surface area contributed by atoms with E-state index in [2.05, 4.69) is 18.8 Å². The maximum Gasteiger partial charge on any atom is 0.0900 e. The van der Waals surface area contributed by atoms with Gasteiger partial charge in [-0.1, -0.05) is 13.8 Å². The van der Waals surface area contributed by atoms with Crippen molar-refractivity contribution in [1.82, 2.24) is 4.98 Å². The molecule has 0 amide bonds. The SMILES string of the molecule is Cc1ncsc1C(O)CCC(C)C. The highest BCUT2D eigenvalue weighted by Gasteiger charge is 2.12. The highest BCUT2D eigenvalue weighted by Crippen LogP contribution is 2.26. The van der Waals surface area contributed by atoms with Crippen LogP contribution in [0.25, 0.3) is 0 Å². The molecule has 0 bridgehead atoms. The molecule has 0 saturated heterocycles. The van der Waals surface area contributed by atoms with Crippen molar-refractivity contribution in [2.75, 3.05) is 0 Å². The van der Waals surface area contributed by atoms with E-state index in [0.717, 1.165) is 23.4 Å². The minimum Gasteiger partial charge on any atom is -0.388 e. The molecule has 1 aromatic heterocycles. The van der Waals surface area contributed by atoms with Gasteiger partial charge in [-0.15, -0.1) is 11.3 Å². The lowest BCUT2D eigenvalue weighted by molar-refractivity contribution is 0.162. The minimum absolute atomic E-state index is 0.310. The van der Waals surface area contributed by atoms with Gasteiger partial charge >= 0.3 is 0 Å². The summed E-state index contributed by atoms with van der Waals surface area (Å²) in [6.07, 6.45) is 1.61. The molecule has 0 saturated carbocycles. The van der Waals surface area contributed by atoms with Crippen molar-refractivity contribution in [2.24, 2.45) is 5.92 Å². The maximum absolute atomic E-state index is 9.81. The van der Waals surface area contributed by atoms with Crippen molar-refractivity contribution in [1.29, 1.82) is 0 Å². The van der Waals surface area contributed by atoms with Crippen LogP contribution in [-0.4, -0.2) is 10.1 Å². The van der Waals surface area contributed by atoms with E-state index in [-0.39, 0.29) is 6.10 Å². The molecule has 0 aliphatic carbocycles. The van der Waals surface area contributed by atoms with Gasteiger partial charge in [0.05, 0.1) is 22.2 Å². The summed E-state index contributed by atoms with van der Waals surface area (Å²) in [4.78, 5) is 5.15. The Balaban J connectivity index is 2.49. The number of thiazole rings is 1. The van der Waals surface area contributed by atoms with Gasteiger partial charge in [-0.25, -0.2) is 4.98 Å². The van der Waals surface area contributed by atoms with Gasteiger partial charge in [0.25, 0.3) is 0 Å². The second kappa shape index (κ2) is 4.72. The first-order valence-corrected chi connectivity index (χ1v) is 5.57. The van der Waals surface area contributed by atoms with Crippen molar-refractivity contribution >= 4 is 11.3 Å². The molecule has 13 heavy (non-hydrogen) atoms. The quantitative estimate of drug-likeness (QED) is 0.808. The number of aryl methyl sites for hydroxylation is 1. The largest absolute Gasteiger partial charge is 0.388 e. The molecule has 1 unspecified atom stereocenters. The summed E-state index contributed by atoms with van der Waals surface area (Å²) in [7, 11) is 0. The molecule has 74 valence electrons. The van der Waals surface area contributed by atoms with E-state index in [0.29, 0.717) is 5.92 Å². The zero-order chi connectivity index (χ0) is 9.84. The lowest BCUT2D eigenvalue weighted by Gasteiger charge is -2.10. The van der Waals surface area contributed by atoms with E-state index >= 15 is 0 Å². The summed E-state index contributed by atoms with van der Waals surface area (Å²) in [5, 5.41) is 9.81. The zero-order valence-corrected chi connectivity index (χ0v) is 9.27. The van der Waals surface area contributed by atoms with E-state index in [1.54, 1.807) is 16.8 Å². The van der Waals surface area contributed by atoms with E-state index in [4.69, 9.17) is 0 Å². The highest BCUT2D eigenvalue weighted by molar-refractivity contribution is 7.09. The van der Waals surface area contributed by atoms with Crippen LogP contribution < -0.4 is 0 Å². The number of hydrogen-bond donors (Lipinski definition) is 1. The first-order chi connectivity index (χ1) is 6.11. The molecule has 0 spiro atoms. The van der Waals surface area contributed by atoms with Crippen LogP contribution in [0.4, 0.5) is 0 Å². The van der Waals surface area contributed by atoms with E-state index in [1.807, 2.05) is 6.92 Å². The average Bonchev–Trinajstić information content (AvgIpc) is 2.47. The molecule has 1 rings (SSSR count). The zero-order valence-electron chi connectivity index (χ0n) is 8.45. The van der Waals surface area contributed by atoms with E-state index < -0.39 is 0 Å². The summed E-state index contributed by atoms with van der Waals surface area (Å²) >= 11 is 1.55. The number of hydrogen-bond acceptors (Lipinski definition) is 3. The second-order valence-electron chi connectivity index (χ2n) is 3.79. The van der Waals surface area contributed by atoms with Crippen molar-refractivity contribution in [3.05, 3.63) is 16.1 Å². The van der Waals surface area contributed by atoms with Crippen molar-refractivity contribution in [3.63, 3.8) is 0 Å². The molecule has 0 aromatic carbocycles. The Kier molecular flexibility index (Phi) is 3.88. The van der Waals surface area contributed by atoms with Crippen LogP contribution in [0.15, 0.2) is 5.51 Å². The van der Waals surface area contributed by atoms with Gasteiger partial charge in [0, 0.05) is 0 Å². The molecule has 1 N–H and O–H groups in total. The van der Waals surface area contributed by atoms with Crippen LogP contribution in [0.1, 0.15) is 43.4 Å². The first-order valence-electron chi connectivity index (χ1n) is 4.69. The number of aliphatic hydroxyl groups is 1. The normalized spacial score (nSPS) is 13.6. The molecule has 3 heteroatoms. The Labute approximate surface area is 83.6 Å². The lowest BCUT2D eigenvalue weighted by Crippen LogP contribution is -1.99. The van der Waals surface area contributed by atoms with Crippen LogP contribution in [-0.2, 0) is 0 Å². The second-order valence-corrected chi connectivity index (χ2v) is 4.68. The molecule has 0 radical (unpaired) electrons. The molecule has 1 atom stereocenters. The smallest absolute Gasteiger partial charge is 0.0900 e. The van der Waals surface area contributed by atoms with Crippen molar-refractivity contribution < 1.29 is 5.11 Å². The van der Waals surface area contributed by atoms with Gasteiger partial charge in [0.2, 0.25) is 0 Å². The van der Waals surface area contributed by atoms with Crippen molar-refractivity contribution in [3.8, 4) is 0 Å². The number of rotatable bonds is 4. The molecule has 1 aromatic rings. The van der Waals surface area contributed by atoms with Gasteiger partial charge in [-0.3, -0.25) is 0 Å². The van der Waals surface area contributed by atoms with Crippen LogP contribution in [0.3, 0.4) is 0 Å². The Morgan fingerprint density at radius 3 is 2.62 bits per heavy atom. The summed E-state index contributed by atoms with van der Waals surface area (Å²) in [6, 6.07) is 0. The number of aliphatic hydroxyl groups excluding tert-OH is 1. The third kappa shape index (κ3) is 3.08. The van der Waals surface area contributed by atoms with Gasteiger partial charge in [-0.05, 0) is 25.7 Å². The van der Waals surface area contributed by atoms with E-state index in [1.165, 1.54) is 0 Å². The summed E-state index contributed by atoms with van der Waals surface area (Å²) in [6.45, 7) is 6.29. The predicted molar refractivity (Wildman–Crippen MR) is 55.9 cm³/mol. The fraction of sp³-hybridized carbons (Fsp3) is 0.700. The maximum atomic E-state index is 9.81. The average molecular weight is 199 g/mol. The minimum atomic E-state index is -0.310. The van der Waals surface area contributed by atoms with Gasteiger partial charge < -0.3 is 5.11 Å². The Hall–Kier alpha value is -0.410. The van der Waals surface area contributed by atoms with Crippen LogP contribution in [0, 0.1) is 12.8 Å². The topological polar surface area (TPSA) is 33.1 Å². The van der Waals surface area contributed by atoms with Crippen molar-refractivity contribution in [2.45, 2.75) is 39.7 Å². The van der Waals surface area contributed by atoms with Gasteiger partial charge in [0.1, 0.15) is 0 Å². The van der Waals surface area contributed by atoms with E-state index in [9.17, 15) is 5.11 Å². The predicted octanol–water partition coefficient (Wildman–Crippen LogP) is 2.92. The lowest BCUT2D eigenvalue weighted by atomic mass is 10.0. The summed E-state index contributed by atoms with van der Waals surface area (Å²) < 4.78 is 0. The summed E-state index contributed by atoms with van der Waals surface area (Å²) in [5.41, 5.74) is 2.77. The standard InChI is InChI=1S/C10H17NOS/c1-7(2)4-5-9(12)10-8(3)11-6-13-10/h6-7,9,12H,4-5H2,1-3H3. The number of nitrogens with zero attached hydrogens (tertiary/aromatic N) is 1. The molecule has 0 aliphatic rings. The first kappa shape index (κ1) is 10.7. The molecular formula is C10H17NOS. The van der Waals surface area contributed by atoms with Gasteiger partial charge in [0.15, 0.2) is 0 Å². The number of aromatic nitrogens is 1. The monoisotopic (exact) mass is 199 g/mol. The van der Waals surface area contributed by atoms with Crippen LogP contribution in [0.5, 0.6) is 0 Å². The Morgan fingerprint density at radius 1 is 1.46 bits per heavy atom. The molecule has 0 aliphatic heterocycles. The van der Waals surface area contributed by atoms with Gasteiger partial charge in [-0.2, -0.15) is 0 Å². The third-order valence-corrected chi connectivity index (χ3v) is 3.13. The van der Waals surface area contributed by atoms with Crippen LogP contribution in [0.2, 0.25) is 0 Å².